The van der Waals surface area contributed by atoms with Crippen LogP contribution in [0.15, 0.2) is 10.8 Å². The van der Waals surface area contributed by atoms with Gasteiger partial charge in [-0.05, 0) is 15.9 Å². The van der Waals surface area contributed by atoms with Gasteiger partial charge in [-0.3, -0.25) is 8.31 Å². The quantitative estimate of drug-likeness (QED) is 0.526. The molecule has 0 bridgehead atoms. The summed E-state index contributed by atoms with van der Waals surface area (Å²) in [6, 6.07) is 0. The molecule has 0 spiro atoms. The molecule has 1 aliphatic rings. The van der Waals surface area contributed by atoms with Gasteiger partial charge in [-0.1, -0.05) is 122 Å². The fourth-order valence-corrected chi connectivity index (χ4v) is 30.9. The predicted molar refractivity (Wildman–Crippen MR) is 130 cm³/mol. The third-order valence-corrected chi connectivity index (χ3v) is 32.8. The SMILES string of the molecule is CC(C)(C)C1=C(C(C)(C)C)[Si-]([Si](C)(C)C(C)(C)C)C1[Si](C)(C)C(C)(C)C.[Li+]. The maximum atomic E-state index is 2.73. The number of hydrogen-bond acceptors (Lipinski definition) is 0. The van der Waals surface area contributed by atoms with Crippen LogP contribution in [0.3, 0.4) is 0 Å². The van der Waals surface area contributed by atoms with Gasteiger partial charge in [0, 0.05) is 8.07 Å². The van der Waals surface area contributed by atoms with E-state index in [1.807, 2.05) is 10.8 Å². The maximum absolute atomic E-state index is 2.73. The van der Waals surface area contributed by atoms with E-state index in [9.17, 15) is 0 Å². The second-order valence-electron chi connectivity index (χ2n) is 14.0. The van der Waals surface area contributed by atoms with E-state index in [4.69, 9.17) is 0 Å². The minimum Gasteiger partial charge on any atom is -0.281 e. The Balaban J connectivity index is 0.00000676. The van der Waals surface area contributed by atoms with Crippen LogP contribution in [-0.2, 0) is 0 Å². The zero-order valence-electron chi connectivity index (χ0n) is 22.1. The summed E-state index contributed by atoms with van der Waals surface area (Å²) in [6.45, 7) is 41.0. The minimum atomic E-state index is -1.44. The largest absolute Gasteiger partial charge is 1.00 e. The molecular formula is C23H49LiSi3. The standard InChI is InChI=1S/C23H49Si3.Li/c1-20(2,3)17-18(21(4,5)6)24(26(15,16)23(10,11)12)19(17)25(13,14)22(7,8)9;/h19H,1-16H3;/q-1;+1. The van der Waals surface area contributed by atoms with Crippen molar-refractivity contribution in [3.05, 3.63) is 10.8 Å². The number of allylic oxidation sites excluding steroid dienone is 2. The van der Waals surface area contributed by atoms with E-state index in [1.54, 1.807) is 0 Å². The van der Waals surface area contributed by atoms with Crippen molar-refractivity contribution in [1.82, 2.24) is 0 Å². The van der Waals surface area contributed by atoms with Crippen LogP contribution in [0, 0.1) is 10.8 Å². The first-order chi connectivity index (χ1) is 11.0. The summed E-state index contributed by atoms with van der Waals surface area (Å²) in [7, 11) is -3.34. The Labute approximate surface area is 188 Å². The Hall–Kier alpha value is 0.988. The molecular weight excluding hydrogens is 367 g/mol. The minimum absolute atomic E-state index is 0. The molecule has 0 radical (unpaired) electrons. The third-order valence-electron chi connectivity index (χ3n) is 7.88. The average molecular weight is 417 g/mol. The summed E-state index contributed by atoms with van der Waals surface area (Å²) in [5, 5.41) is 3.80. The molecule has 0 aromatic rings. The van der Waals surface area contributed by atoms with E-state index in [2.05, 4.69) is 109 Å². The first-order valence-corrected chi connectivity index (χ1v) is 19.3. The maximum Gasteiger partial charge on any atom is 1.00 e. The van der Waals surface area contributed by atoms with Crippen molar-refractivity contribution >= 4 is 24.0 Å². The van der Waals surface area contributed by atoms with Crippen LogP contribution in [-0.4, -0.2) is 24.0 Å². The van der Waals surface area contributed by atoms with E-state index in [0.29, 0.717) is 20.9 Å². The Bertz CT molecular complexity index is 521. The molecule has 0 nitrogen and oxygen atoms in total. The van der Waals surface area contributed by atoms with Crippen molar-refractivity contribution in [3.63, 3.8) is 0 Å². The van der Waals surface area contributed by atoms with Gasteiger partial charge in [0.15, 0.2) is 0 Å². The summed E-state index contributed by atoms with van der Waals surface area (Å²) < 4.78 is 0. The van der Waals surface area contributed by atoms with Gasteiger partial charge in [-0.2, -0.15) is 0 Å². The topological polar surface area (TPSA) is 0 Å². The Morgan fingerprint density at radius 1 is 0.630 bits per heavy atom. The smallest absolute Gasteiger partial charge is 0.281 e. The van der Waals surface area contributed by atoms with Crippen molar-refractivity contribution < 1.29 is 18.9 Å². The van der Waals surface area contributed by atoms with E-state index in [0.717, 1.165) is 5.16 Å². The Kier molecular flexibility index (Phi) is 7.87. The summed E-state index contributed by atoms with van der Waals surface area (Å²) in [6.07, 6.45) is 0. The normalized spacial score (nSPS) is 20.4. The molecule has 0 amide bonds. The molecule has 1 unspecified atom stereocenters. The summed E-state index contributed by atoms with van der Waals surface area (Å²) in [5.41, 5.74) is 2.51. The van der Waals surface area contributed by atoms with Crippen molar-refractivity contribution in [3.8, 4) is 0 Å². The molecule has 27 heavy (non-hydrogen) atoms. The molecule has 154 valence electrons. The predicted octanol–water partition coefficient (Wildman–Crippen LogP) is 5.43. The Morgan fingerprint density at radius 3 is 1.22 bits per heavy atom. The summed E-state index contributed by atoms with van der Waals surface area (Å²) >= 11 is 0. The zero-order chi connectivity index (χ0) is 21.3. The fraction of sp³-hybridized carbons (Fsp3) is 0.913. The van der Waals surface area contributed by atoms with Crippen molar-refractivity contribution in [2.75, 3.05) is 0 Å². The van der Waals surface area contributed by atoms with Gasteiger partial charge in [0.2, 0.25) is 0 Å². The van der Waals surface area contributed by atoms with E-state index < -0.39 is 24.0 Å². The number of hydrogen-bond donors (Lipinski definition) is 0. The second kappa shape index (κ2) is 7.60. The van der Waals surface area contributed by atoms with Crippen LogP contribution >= 0.6 is 0 Å². The van der Waals surface area contributed by atoms with Gasteiger partial charge in [-0.15, -0.1) is 10.7 Å². The van der Waals surface area contributed by atoms with E-state index in [1.165, 1.54) is 0 Å². The van der Waals surface area contributed by atoms with Gasteiger partial charge in [0.05, 0.1) is 0 Å². The molecule has 0 aliphatic carbocycles. The molecule has 4 heteroatoms. The van der Waals surface area contributed by atoms with Gasteiger partial charge in [-0.25, -0.2) is 5.20 Å². The van der Waals surface area contributed by atoms with Gasteiger partial charge < -0.3 is 0 Å². The molecule has 0 saturated carbocycles. The number of rotatable bonds is 2. The monoisotopic (exact) mass is 416 g/mol. The fourth-order valence-electron chi connectivity index (χ4n) is 4.35. The molecule has 1 heterocycles. The molecule has 1 atom stereocenters. The van der Waals surface area contributed by atoms with Gasteiger partial charge in [0.25, 0.3) is 0 Å². The van der Waals surface area contributed by atoms with Crippen LogP contribution in [0.2, 0.25) is 41.4 Å². The van der Waals surface area contributed by atoms with Crippen LogP contribution in [0.5, 0.6) is 0 Å². The first kappa shape index (κ1) is 28.0. The molecule has 1 rings (SSSR count). The van der Waals surface area contributed by atoms with Crippen LogP contribution in [0.4, 0.5) is 0 Å². The van der Waals surface area contributed by atoms with Gasteiger partial charge >= 0.3 is 18.9 Å². The second-order valence-corrected chi connectivity index (χ2v) is 32.1. The summed E-state index contributed by atoms with van der Waals surface area (Å²) in [4.78, 5) is 0. The Morgan fingerprint density at radius 2 is 1.00 bits per heavy atom. The van der Waals surface area contributed by atoms with Crippen molar-refractivity contribution in [1.29, 1.82) is 0 Å². The van der Waals surface area contributed by atoms with Crippen LogP contribution in [0.25, 0.3) is 0 Å². The average Bonchev–Trinajstić information content (AvgIpc) is 2.17. The molecule has 0 fully saturated rings. The molecule has 1 aliphatic heterocycles. The van der Waals surface area contributed by atoms with Crippen LogP contribution in [0.1, 0.15) is 83.1 Å². The van der Waals surface area contributed by atoms with E-state index >= 15 is 0 Å². The van der Waals surface area contributed by atoms with Crippen molar-refractivity contribution in [2.24, 2.45) is 10.8 Å². The summed E-state index contributed by atoms with van der Waals surface area (Å²) in [5.74, 6) is 0. The van der Waals surface area contributed by atoms with Gasteiger partial charge in [0.1, 0.15) is 0 Å². The zero-order valence-corrected chi connectivity index (χ0v) is 25.1. The van der Waals surface area contributed by atoms with Crippen molar-refractivity contribution in [2.45, 2.75) is 125 Å². The van der Waals surface area contributed by atoms with E-state index in [-0.39, 0.29) is 18.9 Å². The van der Waals surface area contributed by atoms with Crippen LogP contribution < -0.4 is 18.9 Å². The molecule has 0 aromatic heterocycles. The molecule has 0 N–H and O–H groups in total. The first-order valence-electron chi connectivity index (χ1n) is 10.6. The molecule has 0 saturated heterocycles. The third kappa shape index (κ3) is 4.84. The molecule has 0 aromatic carbocycles.